The number of ether oxygens (including phenoxy) is 1. The number of aromatic nitrogens is 2. The van der Waals surface area contributed by atoms with Gasteiger partial charge in [-0.3, -0.25) is 9.59 Å². The van der Waals surface area contributed by atoms with Gasteiger partial charge in [-0.1, -0.05) is 36.4 Å². The molecule has 0 fully saturated rings. The monoisotopic (exact) mass is 431 g/mol. The molecule has 0 aliphatic carbocycles. The Kier molecular flexibility index (Phi) is 5.76. The molecule has 0 aliphatic heterocycles. The number of esters is 1. The van der Waals surface area contributed by atoms with Crippen molar-refractivity contribution in [2.75, 3.05) is 11.9 Å². The van der Waals surface area contributed by atoms with Gasteiger partial charge < -0.3 is 10.1 Å². The average Bonchev–Trinajstić information content (AvgIpc) is 2.79. The van der Waals surface area contributed by atoms with Crippen LogP contribution in [0.25, 0.3) is 16.5 Å². The summed E-state index contributed by atoms with van der Waals surface area (Å²) in [6.45, 7) is 1.70. The number of fused-ring (bicyclic) bond motifs is 1. The summed E-state index contributed by atoms with van der Waals surface area (Å²) in [4.78, 5) is 38.2. The van der Waals surface area contributed by atoms with E-state index in [4.69, 9.17) is 4.74 Å². The molecule has 0 saturated heterocycles. The fourth-order valence-corrected chi connectivity index (χ4v) is 3.28. The van der Waals surface area contributed by atoms with Gasteiger partial charge in [-0.05, 0) is 48.0 Å². The molecule has 1 N–H and O–H groups in total. The van der Waals surface area contributed by atoms with Crippen molar-refractivity contribution >= 4 is 28.3 Å². The van der Waals surface area contributed by atoms with E-state index < -0.39 is 23.3 Å². The molecule has 0 atom stereocenters. The summed E-state index contributed by atoms with van der Waals surface area (Å²) in [5.74, 6) is -1.80. The number of halogens is 1. The van der Waals surface area contributed by atoms with E-state index in [9.17, 15) is 18.8 Å². The minimum atomic E-state index is -0.809. The lowest BCUT2D eigenvalue weighted by atomic mass is 10.0. The largest absolute Gasteiger partial charge is 0.461 e. The molecular formula is C24H18FN3O4. The van der Waals surface area contributed by atoms with Crippen LogP contribution in [0.3, 0.4) is 0 Å². The van der Waals surface area contributed by atoms with Crippen molar-refractivity contribution in [2.45, 2.75) is 6.92 Å². The molecule has 7 nitrogen and oxygen atoms in total. The number of rotatable bonds is 5. The predicted molar refractivity (Wildman–Crippen MR) is 118 cm³/mol. The second-order valence-corrected chi connectivity index (χ2v) is 6.83. The van der Waals surface area contributed by atoms with Crippen molar-refractivity contribution in [3.63, 3.8) is 0 Å². The van der Waals surface area contributed by atoms with Crippen LogP contribution in [-0.2, 0) is 4.74 Å². The molecule has 4 aromatic rings. The molecule has 0 unspecified atom stereocenters. The van der Waals surface area contributed by atoms with Crippen LogP contribution in [0.15, 0.2) is 77.6 Å². The third kappa shape index (κ3) is 4.11. The normalized spacial score (nSPS) is 10.7. The van der Waals surface area contributed by atoms with Gasteiger partial charge in [0.1, 0.15) is 5.82 Å². The van der Waals surface area contributed by atoms with Gasteiger partial charge in [-0.15, -0.1) is 0 Å². The van der Waals surface area contributed by atoms with Crippen LogP contribution in [0, 0.1) is 5.82 Å². The van der Waals surface area contributed by atoms with E-state index in [0.717, 1.165) is 21.5 Å². The highest BCUT2D eigenvalue weighted by atomic mass is 19.1. The topological polar surface area (TPSA) is 90.3 Å². The smallest absolute Gasteiger partial charge is 0.360 e. The third-order valence-electron chi connectivity index (χ3n) is 4.75. The number of benzene rings is 3. The van der Waals surface area contributed by atoms with Gasteiger partial charge in [0.25, 0.3) is 11.5 Å². The van der Waals surface area contributed by atoms with E-state index in [2.05, 4.69) is 10.4 Å². The fraction of sp³-hybridized carbons (Fsp3) is 0.0833. The van der Waals surface area contributed by atoms with E-state index in [1.807, 2.05) is 24.3 Å². The Morgan fingerprint density at radius 1 is 1.03 bits per heavy atom. The van der Waals surface area contributed by atoms with Crippen LogP contribution in [-0.4, -0.2) is 28.3 Å². The molecular weight excluding hydrogens is 413 g/mol. The Labute approximate surface area is 182 Å². The average molecular weight is 431 g/mol. The van der Waals surface area contributed by atoms with Gasteiger partial charge in [0, 0.05) is 11.6 Å². The van der Waals surface area contributed by atoms with E-state index in [1.54, 1.807) is 25.1 Å². The third-order valence-corrected chi connectivity index (χ3v) is 4.75. The highest BCUT2D eigenvalue weighted by Gasteiger charge is 2.21. The Morgan fingerprint density at radius 2 is 1.75 bits per heavy atom. The van der Waals surface area contributed by atoms with E-state index in [0.29, 0.717) is 5.56 Å². The number of carbonyl (C=O) groups excluding carboxylic acids is 2. The zero-order valence-corrected chi connectivity index (χ0v) is 17.0. The molecule has 1 aromatic heterocycles. The second-order valence-electron chi connectivity index (χ2n) is 6.83. The van der Waals surface area contributed by atoms with Gasteiger partial charge in [-0.25, -0.2) is 9.18 Å². The minimum Gasteiger partial charge on any atom is -0.461 e. The van der Waals surface area contributed by atoms with E-state index >= 15 is 0 Å². The summed E-state index contributed by atoms with van der Waals surface area (Å²) in [6.07, 6.45) is 0. The summed E-state index contributed by atoms with van der Waals surface area (Å²) in [7, 11) is 0. The van der Waals surface area contributed by atoms with Crippen molar-refractivity contribution in [3.8, 4) is 5.69 Å². The lowest BCUT2D eigenvalue weighted by Crippen LogP contribution is -2.27. The number of carbonyl (C=O) groups is 2. The molecule has 1 amide bonds. The molecule has 0 radical (unpaired) electrons. The second kappa shape index (κ2) is 8.81. The molecule has 0 spiro atoms. The summed E-state index contributed by atoms with van der Waals surface area (Å²) in [5, 5.41) is 8.29. The molecule has 160 valence electrons. The maximum atomic E-state index is 13.3. The van der Waals surface area contributed by atoms with Crippen LogP contribution in [0.5, 0.6) is 0 Å². The maximum absolute atomic E-state index is 13.3. The SMILES string of the molecule is CCOC(=O)c1nn(-c2ccc(F)cc2)c(=O)cc1NC(=O)c1cccc2ccccc12. The number of hydrogen-bond acceptors (Lipinski definition) is 5. The van der Waals surface area contributed by atoms with Gasteiger partial charge in [0.05, 0.1) is 18.0 Å². The van der Waals surface area contributed by atoms with Gasteiger partial charge in [-0.2, -0.15) is 9.78 Å². The van der Waals surface area contributed by atoms with Crippen molar-refractivity contribution in [2.24, 2.45) is 0 Å². The van der Waals surface area contributed by atoms with Crippen LogP contribution in [0.1, 0.15) is 27.8 Å². The Balaban J connectivity index is 1.78. The molecule has 1 heterocycles. The highest BCUT2D eigenvalue weighted by Crippen LogP contribution is 2.21. The van der Waals surface area contributed by atoms with Crippen molar-refractivity contribution in [3.05, 3.63) is 100 Å². The van der Waals surface area contributed by atoms with Gasteiger partial charge in [0.2, 0.25) is 0 Å². The molecule has 32 heavy (non-hydrogen) atoms. The lowest BCUT2D eigenvalue weighted by molar-refractivity contribution is 0.0518. The summed E-state index contributed by atoms with van der Waals surface area (Å²) in [5.41, 5.74) is -0.304. The molecule has 8 heteroatoms. The number of nitrogens with one attached hydrogen (secondary N) is 1. The number of nitrogens with zero attached hydrogens (tertiary/aromatic N) is 2. The van der Waals surface area contributed by atoms with Crippen molar-refractivity contribution in [1.82, 2.24) is 9.78 Å². The molecule has 0 bridgehead atoms. The molecule has 4 rings (SSSR count). The molecule has 3 aromatic carbocycles. The van der Waals surface area contributed by atoms with Crippen LogP contribution in [0.2, 0.25) is 0 Å². The van der Waals surface area contributed by atoms with Crippen molar-refractivity contribution in [1.29, 1.82) is 0 Å². The quantitative estimate of drug-likeness (QED) is 0.483. The Bertz CT molecular complexity index is 1380. The maximum Gasteiger partial charge on any atom is 0.360 e. The highest BCUT2D eigenvalue weighted by molar-refractivity contribution is 6.14. The first-order chi connectivity index (χ1) is 15.5. The number of hydrogen-bond donors (Lipinski definition) is 1. The first-order valence-corrected chi connectivity index (χ1v) is 9.84. The Morgan fingerprint density at radius 3 is 2.50 bits per heavy atom. The van der Waals surface area contributed by atoms with E-state index in [-0.39, 0.29) is 23.7 Å². The summed E-state index contributed by atoms with van der Waals surface area (Å²) in [6, 6.07) is 18.8. The van der Waals surface area contributed by atoms with Crippen LogP contribution in [0.4, 0.5) is 10.1 Å². The molecule has 0 saturated carbocycles. The first kappa shape index (κ1) is 20.9. The Hall–Kier alpha value is -4.33. The summed E-state index contributed by atoms with van der Waals surface area (Å²) >= 11 is 0. The zero-order chi connectivity index (χ0) is 22.7. The van der Waals surface area contributed by atoms with Crippen LogP contribution >= 0.6 is 0 Å². The predicted octanol–water partition coefficient (Wildman–Crippen LogP) is 3.95. The first-order valence-electron chi connectivity index (χ1n) is 9.84. The van der Waals surface area contributed by atoms with Gasteiger partial charge in [0.15, 0.2) is 5.69 Å². The van der Waals surface area contributed by atoms with Gasteiger partial charge >= 0.3 is 5.97 Å². The molecule has 0 aliphatic rings. The number of anilines is 1. The standard InChI is InChI=1S/C24H18FN3O4/c1-2-32-24(31)22-20(14-21(29)28(27-22)17-12-10-16(25)11-13-17)26-23(30)19-9-5-7-15-6-3-4-8-18(15)19/h3-14H,2H2,1H3,(H,26,30). The van der Waals surface area contributed by atoms with Crippen LogP contribution < -0.4 is 10.9 Å². The van der Waals surface area contributed by atoms with Crippen molar-refractivity contribution < 1.29 is 18.7 Å². The minimum absolute atomic E-state index is 0.0763. The number of amides is 1. The zero-order valence-electron chi connectivity index (χ0n) is 17.0. The fourth-order valence-electron chi connectivity index (χ4n) is 3.28. The van der Waals surface area contributed by atoms with E-state index in [1.165, 1.54) is 24.3 Å². The summed E-state index contributed by atoms with van der Waals surface area (Å²) < 4.78 is 19.3. The lowest BCUT2D eigenvalue weighted by Gasteiger charge is -2.13.